The number of nitrogens with one attached hydrogen (secondary N) is 1. The topological polar surface area (TPSA) is 28.2 Å². The number of hydrogen-bond donors (Lipinski definition) is 1. The fraction of sp³-hybridized carbons (Fsp3) is 0.400. The Bertz CT molecular complexity index is 487. The normalized spacial score (nSPS) is 15.5. The monoisotopic (exact) mass is 273 g/mol. The third-order valence-corrected chi connectivity index (χ3v) is 4.30. The molecule has 0 unspecified atom stereocenters. The first kappa shape index (κ1) is 12.5. The van der Waals surface area contributed by atoms with E-state index in [2.05, 4.69) is 39.5 Å². The van der Waals surface area contributed by atoms with E-state index in [9.17, 15) is 0 Å². The molecule has 1 N–H and O–H groups in total. The maximum Gasteiger partial charge on any atom is 0.112 e. The van der Waals surface area contributed by atoms with E-state index in [1.807, 2.05) is 11.6 Å². The molecule has 0 aliphatic carbocycles. The van der Waals surface area contributed by atoms with Crippen LogP contribution >= 0.6 is 11.3 Å². The van der Waals surface area contributed by atoms with E-state index in [1.165, 1.54) is 38.0 Å². The average molecular weight is 273 g/mol. The van der Waals surface area contributed by atoms with Crippen molar-refractivity contribution in [2.24, 2.45) is 0 Å². The second-order valence-electron chi connectivity index (χ2n) is 4.87. The Morgan fingerprint density at radius 2 is 1.89 bits per heavy atom. The van der Waals surface area contributed by atoms with Crippen molar-refractivity contribution in [3.63, 3.8) is 0 Å². The molecule has 0 radical (unpaired) electrons. The smallest absolute Gasteiger partial charge is 0.112 e. The molecule has 19 heavy (non-hydrogen) atoms. The Morgan fingerprint density at radius 3 is 2.58 bits per heavy atom. The van der Waals surface area contributed by atoms with Crippen molar-refractivity contribution in [1.29, 1.82) is 0 Å². The molecule has 1 fully saturated rings. The first-order chi connectivity index (χ1) is 9.42. The molecule has 1 saturated heterocycles. The molecule has 0 atom stereocenters. The summed E-state index contributed by atoms with van der Waals surface area (Å²) in [7, 11) is 0. The van der Waals surface area contributed by atoms with Gasteiger partial charge in [-0.15, -0.1) is 11.3 Å². The lowest BCUT2D eigenvalue weighted by atomic mass is 10.1. The fourth-order valence-corrected chi connectivity index (χ4v) is 3.02. The molecule has 1 aromatic heterocycles. The minimum Gasteiger partial charge on any atom is -0.379 e. The van der Waals surface area contributed by atoms with Crippen molar-refractivity contribution in [1.82, 2.24) is 4.98 Å². The Morgan fingerprint density at radius 1 is 1.11 bits per heavy atom. The van der Waals surface area contributed by atoms with Crippen molar-refractivity contribution >= 4 is 22.7 Å². The molecule has 1 aliphatic rings. The Kier molecular flexibility index (Phi) is 3.98. The molecule has 0 spiro atoms. The van der Waals surface area contributed by atoms with E-state index in [4.69, 9.17) is 0 Å². The van der Waals surface area contributed by atoms with Crippen molar-refractivity contribution in [3.8, 4) is 0 Å². The van der Waals surface area contributed by atoms with Gasteiger partial charge in [-0.25, -0.2) is 4.98 Å². The predicted octanol–water partition coefficient (Wildman–Crippen LogP) is 3.75. The van der Waals surface area contributed by atoms with Gasteiger partial charge in [-0.3, -0.25) is 0 Å². The van der Waals surface area contributed by atoms with Gasteiger partial charge in [0.25, 0.3) is 0 Å². The van der Waals surface area contributed by atoms with Crippen LogP contribution in [-0.4, -0.2) is 18.1 Å². The molecule has 3 nitrogen and oxygen atoms in total. The summed E-state index contributed by atoms with van der Waals surface area (Å²) in [6.45, 7) is 3.21. The molecule has 0 bridgehead atoms. The van der Waals surface area contributed by atoms with Crippen LogP contribution in [0.1, 0.15) is 24.3 Å². The molecule has 0 amide bonds. The summed E-state index contributed by atoms with van der Waals surface area (Å²) in [5.74, 6) is 0. The van der Waals surface area contributed by atoms with E-state index >= 15 is 0 Å². The maximum atomic E-state index is 4.27. The van der Waals surface area contributed by atoms with Crippen molar-refractivity contribution in [2.75, 3.05) is 23.3 Å². The van der Waals surface area contributed by atoms with E-state index in [0.717, 1.165) is 17.2 Å². The van der Waals surface area contributed by atoms with Crippen LogP contribution < -0.4 is 10.2 Å². The van der Waals surface area contributed by atoms with E-state index < -0.39 is 0 Å². The summed E-state index contributed by atoms with van der Waals surface area (Å²) >= 11 is 1.69. The van der Waals surface area contributed by atoms with Crippen LogP contribution in [0.25, 0.3) is 0 Å². The highest BCUT2D eigenvalue weighted by molar-refractivity contribution is 7.09. The fourth-order valence-electron chi connectivity index (χ4n) is 2.46. The van der Waals surface area contributed by atoms with E-state index in [1.54, 1.807) is 11.3 Å². The van der Waals surface area contributed by atoms with Gasteiger partial charge >= 0.3 is 0 Å². The van der Waals surface area contributed by atoms with Crippen LogP contribution in [0.15, 0.2) is 35.8 Å². The number of anilines is 2. The summed E-state index contributed by atoms with van der Waals surface area (Å²) in [6, 6.07) is 8.76. The van der Waals surface area contributed by atoms with Gasteiger partial charge in [0.05, 0.1) is 6.54 Å². The van der Waals surface area contributed by atoms with Gasteiger partial charge in [0.15, 0.2) is 0 Å². The summed E-state index contributed by atoms with van der Waals surface area (Å²) in [5.41, 5.74) is 2.51. The summed E-state index contributed by atoms with van der Waals surface area (Å²) in [4.78, 5) is 6.75. The van der Waals surface area contributed by atoms with Crippen LogP contribution in [0.3, 0.4) is 0 Å². The molecule has 1 aromatic carbocycles. The number of aromatic nitrogens is 1. The number of piperidine rings is 1. The lowest BCUT2D eigenvalue weighted by Gasteiger charge is -2.28. The van der Waals surface area contributed by atoms with Crippen molar-refractivity contribution in [2.45, 2.75) is 25.8 Å². The first-order valence-corrected chi connectivity index (χ1v) is 7.77. The molecule has 1 aliphatic heterocycles. The average Bonchev–Trinajstić information content (AvgIpc) is 3.00. The third kappa shape index (κ3) is 3.26. The number of rotatable bonds is 4. The van der Waals surface area contributed by atoms with Gasteiger partial charge in [0, 0.05) is 36.0 Å². The number of hydrogen-bond acceptors (Lipinski definition) is 4. The van der Waals surface area contributed by atoms with Crippen LogP contribution in [0.4, 0.5) is 11.4 Å². The minimum absolute atomic E-state index is 0.806. The molecule has 0 saturated carbocycles. The third-order valence-electron chi connectivity index (χ3n) is 3.52. The zero-order chi connectivity index (χ0) is 12.9. The highest BCUT2D eigenvalue weighted by atomic mass is 32.1. The van der Waals surface area contributed by atoms with Crippen molar-refractivity contribution in [3.05, 3.63) is 40.8 Å². The van der Waals surface area contributed by atoms with Crippen LogP contribution in [0, 0.1) is 0 Å². The van der Waals surface area contributed by atoms with Crippen molar-refractivity contribution < 1.29 is 0 Å². The van der Waals surface area contributed by atoms with Gasteiger partial charge in [0.2, 0.25) is 0 Å². The van der Waals surface area contributed by atoms with Gasteiger partial charge in [-0.1, -0.05) is 0 Å². The van der Waals surface area contributed by atoms with Crippen LogP contribution in [0.2, 0.25) is 0 Å². The Labute approximate surface area is 118 Å². The molecule has 4 heteroatoms. The molecule has 100 valence electrons. The van der Waals surface area contributed by atoms with E-state index in [-0.39, 0.29) is 0 Å². The van der Waals surface area contributed by atoms with Gasteiger partial charge in [0.1, 0.15) is 5.01 Å². The zero-order valence-electron chi connectivity index (χ0n) is 11.0. The predicted molar refractivity (Wildman–Crippen MR) is 81.9 cm³/mol. The van der Waals surface area contributed by atoms with Crippen LogP contribution in [-0.2, 0) is 6.54 Å². The second kappa shape index (κ2) is 6.06. The number of thiazole rings is 1. The number of nitrogens with zero attached hydrogens (tertiary/aromatic N) is 2. The van der Waals surface area contributed by atoms with Gasteiger partial charge < -0.3 is 10.2 Å². The SMILES string of the molecule is c1csc(CNc2ccc(N3CCCCC3)cc2)n1. The minimum atomic E-state index is 0.806. The Balaban J connectivity index is 1.58. The molecular weight excluding hydrogens is 254 g/mol. The molecular formula is C15H19N3S. The number of benzene rings is 1. The molecule has 3 rings (SSSR count). The summed E-state index contributed by atoms with van der Waals surface area (Å²) in [6.07, 6.45) is 5.87. The summed E-state index contributed by atoms with van der Waals surface area (Å²) in [5, 5.41) is 6.54. The lowest BCUT2D eigenvalue weighted by Crippen LogP contribution is -2.29. The standard InChI is InChI=1S/C15H19N3S/c1-2-9-18(10-3-1)14-6-4-13(5-7-14)17-12-15-16-8-11-19-15/h4-8,11,17H,1-3,9-10,12H2. The maximum absolute atomic E-state index is 4.27. The second-order valence-corrected chi connectivity index (χ2v) is 5.85. The molecule has 2 heterocycles. The molecule has 2 aromatic rings. The van der Waals surface area contributed by atoms with Gasteiger partial charge in [-0.2, -0.15) is 0 Å². The largest absolute Gasteiger partial charge is 0.379 e. The Hall–Kier alpha value is -1.55. The zero-order valence-corrected chi connectivity index (χ0v) is 11.8. The quantitative estimate of drug-likeness (QED) is 0.919. The van der Waals surface area contributed by atoms with Gasteiger partial charge in [-0.05, 0) is 43.5 Å². The van der Waals surface area contributed by atoms with E-state index in [0.29, 0.717) is 0 Å². The summed E-state index contributed by atoms with van der Waals surface area (Å²) < 4.78 is 0. The first-order valence-electron chi connectivity index (χ1n) is 6.89. The highest BCUT2D eigenvalue weighted by Crippen LogP contribution is 2.22. The lowest BCUT2D eigenvalue weighted by molar-refractivity contribution is 0.578. The van der Waals surface area contributed by atoms with Crippen LogP contribution in [0.5, 0.6) is 0 Å². The highest BCUT2D eigenvalue weighted by Gasteiger charge is 2.10.